The van der Waals surface area contributed by atoms with Crippen molar-refractivity contribution in [3.8, 4) is 0 Å². The summed E-state index contributed by atoms with van der Waals surface area (Å²) in [5.41, 5.74) is 0. The zero-order valence-corrected chi connectivity index (χ0v) is 12.9. The van der Waals surface area contributed by atoms with Crippen LogP contribution >= 0.6 is 0 Å². The number of likely N-dealkylation sites (tertiary alicyclic amines) is 1. The third-order valence-electron chi connectivity index (χ3n) is 4.70. The first-order valence-electron chi connectivity index (χ1n) is 8.39. The van der Waals surface area contributed by atoms with Crippen LogP contribution in [-0.4, -0.2) is 49.3 Å². The molecule has 2 heterocycles. The second-order valence-corrected chi connectivity index (χ2v) is 6.32. The van der Waals surface area contributed by atoms with Gasteiger partial charge in [0.2, 0.25) is 0 Å². The maximum Gasteiger partial charge on any atom is 0.0700 e. The van der Waals surface area contributed by atoms with Gasteiger partial charge >= 0.3 is 0 Å². The van der Waals surface area contributed by atoms with Crippen molar-refractivity contribution in [1.82, 2.24) is 10.2 Å². The molecule has 3 nitrogen and oxygen atoms in total. The van der Waals surface area contributed by atoms with Crippen molar-refractivity contribution in [1.29, 1.82) is 0 Å². The van der Waals surface area contributed by atoms with Crippen molar-refractivity contribution in [2.75, 3.05) is 26.2 Å². The van der Waals surface area contributed by atoms with Crippen molar-refractivity contribution in [2.45, 2.75) is 77.0 Å². The number of hydrogen-bond acceptors (Lipinski definition) is 3. The van der Waals surface area contributed by atoms with Gasteiger partial charge in [0, 0.05) is 31.8 Å². The molecule has 2 fully saturated rings. The predicted molar refractivity (Wildman–Crippen MR) is 80.6 cm³/mol. The third-order valence-corrected chi connectivity index (χ3v) is 4.70. The molecule has 2 aliphatic rings. The Morgan fingerprint density at radius 1 is 1.26 bits per heavy atom. The second-order valence-electron chi connectivity index (χ2n) is 6.32. The van der Waals surface area contributed by atoms with Crippen LogP contribution in [0.3, 0.4) is 0 Å². The number of hydrogen-bond donors (Lipinski definition) is 1. The van der Waals surface area contributed by atoms with Crippen molar-refractivity contribution >= 4 is 0 Å². The summed E-state index contributed by atoms with van der Waals surface area (Å²) in [6.45, 7) is 9.11. The van der Waals surface area contributed by atoms with Crippen LogP contribution in [0.2, 0.25) is 0 Å². The van der Waals surface area contributed by atoms with E-state index < -0.39 is 0 Å². The van der Waals surface area contributed by atoms with E-state index in [2.05, 4.69) is 24.1 Å². The number of nitrogens with one attached hydrogen (secondary N) is 1. The molecule has 0 aliphatic carbocycles. The minimum absolute atomic E-state index is 0.472. The Balaban J connectivity index is 1.68. The highest BCUT2D eigenvalue weighted by atomic mass is 16.5. The highest BCUT2D eigenvalue weighted by Gasteiger charge is 2.25. The molecule has 2 rings (SSSR count). The Hall–Kier alpha value is -0.120. The van der Waals surface area contributed by atoms with Crippen LogP contribution in [0.15, 0.2) is 0 Å². The van der Waals surface area contributed by atoms with E-state index in [0.717, 1.165) is 25.7 Å². The van der Waals surface area contributed by atoms with Gasteiger partial charge in [-0.2, -0.15) is 0 Å². The summed E-state index contributed by atoms with van der Waals surface area (Å²) in [7, 11) is 0. The molecule has 112 valence electrons. The fraction of sp³-hybridized carbons (Fsp3) is 1.00. The average molecular weight is 268 g/mol. The van der Waals surface area contributed by atoms with E-state index in [1.165, 1.54) is 51.5 Å². The number of rotatable bonds is 7. The van der Waals surface area contributed by atoms with Crippen LogP contribution in [0.1, 0.15) is 58.8 Å². The normalized spacial score (nSPS) is 30.6. The Kier molecular flexibility index (Phi) is 6.62. The standard InChI is InChI=1S/C16H32N2O/c1-3-7-15-8-4-5-10-18(15)14(2)12-17-13-16-9-6-11-19-16/h14-17H,3-13H2,1-2H3. The smallest absolute Gasteiger partial charge is 0.0700 e. The van der Waals surface area contributed by atoms with Gasteiger partial charge in [0.15, 0.2) is 0 Å². The summed E-state index contributed by atoms with van der Waals surface area (Å²) in [5, 5.41) is 3.62. The Morgan fingerprint density at radius 2 is 2.16 bits per heavy atom. The number of nitrogens with zero attached hydrogens (tertiary/aromatic N) is 1. The summed E-state index contributed by atoms with van der Waals surface area (Å²) in [6, 6.07) is 1.50. The van der Waals surface area contributed by atoms with E-state index in [-0.39, 0.29) is 0 Å². The van der Waals surface area contributed by atoms with E-state index >= 15 is 0 Å². The molecule has 1 N–H and O–H groups in total. The van der Waals surface area contributed by atoms with E-state index in [1.54, 1.807) is 0 Å². The molecule has 3 heteroatoms. The van der Waals surface area contributed by atoms with Gasteiger partial charge in [0.05, 0.1) is 6.10 Å². The Morgan fingerprint density at radius 3 is 2.89 bits per heavy atom. The molecular formula is C16H32N2O. The molecule has 19 heavy (non-hydrogen) atoms. The zero-order valence-electron chi connectivity index (χ0n) is 12.9. The van der Waals surface area contributed by atoms with Gasteiger partial charge < -0.3 is 10.1 Å². The van der Waals surface area contributed by atoms with Crippen LogP contribution in [0.4, 0.5) is 0 Å². The lowest BCUT2D eigenvalue weighted by Gasteiger charge is -2.40. The Labute approximate surface area is 119 Å². The minimum Gasteiger partial charge on any atom is -0.377 e. The van der Waals surface area contributed by atoms with Gasteiger partial charge in [0.1, 0.15) is 0 Å². The molecule has 0 bridgehead atoms. The molecule has 0 aromatic heterocycles. The maximum absolute atomic E-state index is 5.66. The van der Waals surface area contributed by atoms with Crippen molar-refractivity contribution in [3.05, 3.63) is 0 Å². The summed E-state index contributed by atoms with van der Waals surface area (Å²) >= 11 is 0. The lowest BCUT2D eigenvalue weighted by Crippen LogP contribution is -2.49. The van der Waals surface area contributed by atoms with Crippen LogP contribution in [0, 0.1) is 0 Å². The highest BCUT2D eigenvalue weighted by molar-refractivity contribution is 4.82. The largest absolute Gasteiger partial charge is 0.377 e. The van der Waals surface area contributed by atoms with E-state index in [1.807, 2.05) is 0 Å². The predicted octanol–water partition coefficient (Wildman–Crippen LogP) is 2.80. The average Bonchev–Trinajstić information content (AvgIpc) is 2.93. The molecule has 0 aromatic carbocycles. The molecule has 3 atom stereocenters. The van der Waals surface area contributed by atoms with E-state index in [9.17, 15) is 0 Å². The van der Waals surface area contributed by atoms with E-state index in [0.29, 0.717) is 12.1 Å². The maximum atomic E-state index is 5.66. The zero-order chi connectivity index (χ0) is 13.5. The molecule has 0 aromatic rings. The van der Waals surface area contributed by atoms with Crippen LogP contribution in [0.25, 0.3) is 0 Å². The van der Waals surface area contributed by atoms with Crippen LogP contribution < -0.4 is 5.32 Å². The summed E-state index contributed by atoms with van der Waals surface area (Å²) < 4.78 is 5.66. The molecule has 2 saturated heterocycles. The lowest BCUT2D eigenvalue weighted by atomic mass is 9.96. The van der Waals surface area contributed by atoms with Crippen molar-refractivity contribution in [2.24, 2.45) is 0 Å². The quantitative estimate of drug-likeness (QED) is 0.768. The third kappa shape index (κ3) is 4.73. The van der Waals surface area contributed by atoms with E-state index in [4.69, 9.17) is 4.74 Å². The first-order chi connectivity index (χ1) is 9.31. The van der Waals surface area contributed by atoms with Crippen molar-refractivity contribution < 1.29 is 4.74 Å². The number of piperidine rings is 1. The second kappa shape index (κ2) is 8.23. The molecular weight excluding hydrogens is 236 g/mol. The summed E-state index contributed by atoms with van der Waals surface area (Å²) in [5.74, 6) is 0. The van der Waals surface area contributed by atoms with Gasteiger partial charge in [0.25, 0.3) is 0 Å². The summed E-state index contributed by atoms with van der Waals surface area (Å²) in [4.78, 5) is 2.75. The lowest BCUT2D eigenvalue weighted by molar-refractivity contribution is 0.0858. The molecule has 0 spiro atoms. The monoisotopic (exact) mass is 268 g/mol. The van der Waals surface area contributed by atoms with Crippen LogP contribution in [-0.2, 0) is 4.74 Å². The van der Waals surface area contributed by atoms with Gasteiger partial charge in [-0.25, -0.2) is 0 Å². The van der Waals surface area contributed by atoms with Gasteiger partial charge in [-0.05, 0) is 45.6 Å². The number of ether oxygens (including phenoxy) is 1. The fourth-order valence-corrected chi connectivity index (χ4v) is 3.62. The fourth-order valence-electron chi connectivity index (χ4n) is 3.62. The van der Waals surface area contributed by atoms with Crippen molar-refractivity contribution in [3.63, 3.8) is 0 Å². The van der Waals surface area contributed by atoms with Crippen LogP contribution in [0.5, 0.6) is 0 Å². The Bertz CT molecular complexity index is 239. The first kappa shape index (κ1) is 15.3. The summed E-state index contributed by atoms with van der Waals surface area (Å²) in [6.07, 6.45) is 9.86. The van der Waals surface area contributed by atoms with Gasteiger partial charge in [-0.15, -0.1) is 0 Å². The topological polar surface area (TPSA) is 24.5 Å². The molecule has 0 radical (unpaired) electrons. The molecule has 3 unspecified atom stereocenters. The van der Waals surface area contributed by atoms with Gasteiger partial charge in [-0.1, -0.05) is 19.8 Å². The minimum atomic E-state index is 0.472. The first-order valence-corrected chi connectivity index (χ1v) is 8.39. The molecule has 0 amide bonds. The molecule has 2 aliphatic heterocycles. The SMILES string of the molecule is CCCC1CCCCN1C(C)CNCC1CCCO1. The molecule has 0 saturated carbocycles. The highest BCUT2D eigenvalue weighted by Crippen LogP contribution is 2.22. The van der Waals surface area contributed by atoms with Gasteiger partial charge in [-0.3, -0.25) is 4.90 Å².